The summed E-state index contributed by atoms with van der Waals surface area (Å²) in [5.74, 6) is 2.34. The van der Waals surface area contributed by atoms with Crippen LogP contribution in [0.5, 0.6) is 11.5 Å². The molecule has 2 aliphatic rings. The molecule has 2 fully saturated rings. The van der Waals surface area contributed by atoms with Crippen molar-refractivity contribution in [3.63, 3.8) is 0 Å². The lowest BCUT2D eigenvalue weighted by Gasteiger charge is -2.37. The Morgan fingerprint density at radius 2 is 1.89 bits per heavy atom. The highest BCUT2D eigenvalue weighted by Crippen LogP contribution is 2.33. The molecule has 0 aromatic heterocycles. The first-order valence-electron chi connectivity index (χ1n) is 9.95. The molecular formula is C23H28N2O3. The van der Waals surface area contributed by atoms with Gasteiger partial charge in [-0.05, 0) is 42.1 Å². The number of nitrogens with zero attached hydrogens (tertiary/aromatic N) is 2. The first-order chi connectivity index (χ1) is 13.6. The van der Waals surface area contributed by atoms with Crippen molar-refractivity contribution in [2.75, 3.05) is 27.2 Å². The number of ether oxygens (including phenoxy) is 2. The van der Waals surface area contributed by atoms with Crippen molar-refractivity contribution in [3.05, 3.63) is 59.7 Å². The van der Waals surface area contributed by atoms with Gasteiger partial charge in [0.1, 0.15) is 6.61 Å². The van der Waals surface area contributed by atoms with Crippen LogP contribution >= 0.6 is 0 Å². The van der Waals surface area contributed by atoms with E-state index in [1.165, 1.54) is 5.56 Å². The summed E-state index contributed by atoms with van der Waals surface area (Å²) in [6, 6.07) is 16.7. The van der Waals surface area contributed by atoms with Gasteiger partial charge in [-0.25, -0.2) is 0 Å². The van der Waals surface area contributed by atoms with E-state index in [2.05, 4.69) is 29.2 Å². The maximum Gasteiger partial charge on any atom is 0.222 e. The van der Waals surface area contributed by atoms with Gasteiger partial charge in [-0.15, -0.1) is 0 Å². The predicted molar refractivity (Wildman–Crippen MR) is 108 cm³/mol. The van der Waals surface area contributed by atoms with Crippen molar-refractivity contribution in [2.45, 2.75) is 32.0 Å². The monoisotopic (exact) mass is 380 g/mol. The maximum atomic E-state index is 12.0. The molecule has 0 spiro atoms. The van der Waals surface area contributed by atoms with E-state index in [1.807, 2.05) is 36.2 Å². The van der Waals surface area contributed by atoms with Crippen LogP contribution in [0.2, 0.25) is 0 Å². The van der Waals surface area contributed by atoms with Gasteiger partial charge in [0.05, 0.1) is 7.11 Å². The summed E-state index contributed by atoms with van der Waals surface area (Å²) in [4.78, 5) is 16.3. The molecule has 2 aromatic rings. The number of amides is 1. The van der Waals surface area contributed by atoms with Crippen LogP contribution in [0, 0.1) is 5.92 Å². The van der Waals surface area contributed by atoms with E-state index in [4.69, 9.17) is 9.47 Å². The highest BCUT2D eigenvalue weighted by molar-refractivity contribution is 5.79. The zero-order chi connectivity index (χ0) is 19.5. The number of rotatable bonds is 6. The van der Waals surface area contributed by atoms with E-state index in [0.29, 0.717) is 24.5 Å². The fraction of sp³-hybridized carbons (Fsp3) is 0.435. The molecule has 4 rings (SSSR count). The molecule has 0 unspecified atom stereocenters. The summed E-state index contributed by atoms with van der Waals surface area (Å²) in [6.45, 7) is 3.37. The van der Waals surface area contributed by atoms with Crippen LogP contribution < -0.4 is 9.47 Å². The molecule has 2 heterocycles. The second-order valence-electron chi connectivity index (χ2n) is 7.82. The third kappa shape index (κ3) is 3.99. The first-order valence-corrected chi connectivity index (χ1v) is 9.95. The molecule has 148 valence electrons. The number of piperidine rings is 1. The van der Waals surface area contributed by atoms with Crippen LogP contribution in [0.3, 0.4) is 0 Å². The Labute approximate surface area is 166 Å². The van der Waals surface area contributed by atoms with Gasteiger partial charge in [0.15, 0.2) is 11.5 Å². The molecule has 0 radical (unpaired) electrons. The summed E-state index contributed by atoms with van der Waals surface area (Å²) in [5, 5.41) is 0. The summed E-state index contributed by atoms with van der Waals surface area (Å²) in [6.07, 6.45) is 1.81. The molecule has 0 aliphatic carbocycles. The highest BCUT2D eigenvalue weighted by Gasteiger charge is 2.40. The molecule has 0 bridgehead atoms. The second-order valence-corrected chi connectivity index (χ2v) is 7.82. The molecule has 2 atom stereocenters. The van der Waals surface area contributed by atoms with Gasteiger partial charge in [-0.3, -0.25) is 9.69 Å². The Bertz CT molecular complexity index is 824. The zero-order valence-corrected chi connectivity index (χ0v) is 16.6. The molecule has 2 saturated heterocycles. The fourth-order valence-electron chi connectivity index (χ4n) is 4.34. The van der Waals surface area contributed by atoms with Gasteiger partial charge in [0.25, 0.3) is 0 Å². The quantitative estimate of drug-likeness (QED) is 0.771. The molecule has 0 saturated carbocycles. The fourth-order valence-corrected chi connectivity index (χ4v) is 4.34. The average molecular weight is 380 g/mol. The number of hydrogen-bond acceptors (Lipinski definition) is 4. The van der Waals surface area contributed by atoms with Crippen molar-refractivity contribution in [1.29, 1.82) is 0 Å². The highest BCUT2D eigenvalue weighted by atomic mass is 16.5. The summed E-state index contributed by atoms with van der Waals surface area (Å²) < 4.78 is 11.5. The van der Waals surface area contributed by atoms with Crippen LogP contribution in [0.15, 0.2) is 48.5 Å². The number of carbonyl (C=O) groups is 1. The Hall–Kier alpha value is -2.53. The van der Waals surface area contributed by atoms with Gasteiger partial charge >= 0.3 is 0 Å². The molecule has 28 heavy (non-hydrogen) atoms. The summed E-state index contributed by atoms with van der Waals surface area (Å²) in [5.41, 5.74) is 2.33. The van der Waals surface area contributed by atoms with Crippen LogP contribution in [-0.4, -0.2) is 49.0 Å². The lowest BCUT2D eigenvalue weighted by Crippen LogP contribution is -2.47. The van der Waals surface area contributed by atoms with Crippen molar-refractivity contribution in [2.24, 2.45) is 5.92 Å². The first kappa shape index (κ1) is 18.8. The van der Waals surface area contributed by atoms with E-state index in [1.54, 1.807) is 7.11 Å². The van der Waals surface area contributed by atoms with E-state index in [-0.39, 0.29) is 0 Å². The molecule has 5 nitrogen and oxygen atoms in total. The van der Waals surface area contributed by atoms with Crippen LogP contribution in [-0.2, 0) is 17.9 Å². The number of likely N-dealkylation sites (N-methyl/N-ethyl adjacent to an activating group) is 1. The minimum Gasteiger partial charge on any atom is -0.493 e. The Kier molecular flexibility index (Phi) is 5.53. The van der Waals surface area contributed by atoms with Crippen LogP contribution in [0.25, 0.3) is 0 Å². The van der Waals surface area contributed by atoms with E-state index < -0.39 is 0 Å². The topological polar surface area (TPSA) is 42.0 Å². The molecule has 1 amide bonds. The number of hydrogen-bond donors (Lipinski definition) is 0. The normalized spacial score (nSPS) is 22.2. The lowest BCUT2D eigenvalue weighted by molar-refractivity contribution is -0.127. The van der Waals surface area contributed by atoms with Gasteiger partial charge in [0, 0.05) is 32.6 Å². The largest absolute Gasteiger partial charge is 0.493 e. The third-order valence-electron chi connectivity index (χ3n) is 6.00. The molecule has 0 N–H and O–H groups in total. The lowest BCUT2D eigenvalue weighted by atomic mass is 9.92. The smallest absolute Gasteiger partial charge is 0.222 e. The number of likely N-dealkylation sites (tertiary alicyclic amines) is 2. The minimum absolute atomic E-state index is 0.290. The SMILES string of the molecule is COc1cc(CN2CC[C@@H]3CC(=O)N(C)[C@@H]3C2)ccc1OCc1ccccc1. The number of carbonyl (C=O) groups excluding carboxylic acids is 1. The van der Waals surface area contributed by atoms with Gasteiger partial charge in [-0.2, -0.15) is 0 Å². The van der Waals surface area contributed by atoms with Crippen molar-refractivity contribution >= 4 is 5.91 Å². The molecular weight excluding hydrogens is 352 g/mol. The average Bonchev–Trinajstić information content (AvgIpc) is 3.01. The van der Waals surface area contributed by atoms with E-state index in [9.17, 15) is 4.79 Å². The molecule has 2 aliphatic heterocycles. The Balaban J connectivity index is 1.39. The van der Waals surface area contributed by atoms with E-state index >= 15 is 0 Å². The number of benzene rings is 2. The van der Waals surface area contributed by atoms with Crippen molar-refractivity contribution in [3.8, 4) is 11.5 Å². The predicted octanol–water partition coefficient (Wildman–Crippen LogP) is 3.33. The standard InChI is InChI=1S/C23H28N2O3/c1-24-20-15-25(11-10-19(20)13-23(24)26)14-18-8-9-21(22(12-18)27-2)28-16-17-6-4-3-5-7-17/h3-9,12,19-20H,10-11,13-16H2,1-2H3/t19-,20-/m1/s1. The minimum atomic E-state index is 0.290. The maximum absolute atomic E-state index is 12.0. The van der Waals surface area contributed by atoms with Gasteiger partial charge < -0.3 is 14.4 Å². The Morgan fingerprint density at radius 3 is 2.68 bits per heavy atom. The zero-order valence-electron chi connectivity index (χ0n) is 16.6. The summed E-state index contributed by atoms with van der Waals surface area (Å²) >= 11 is 0. The van der Waals surface area contributed by atoms with Gasteiger partial charge in [0.2, 0.25) is 5.91 Å². The molecule has 2 aromatic carbocycles. The third-order valence-corrected chi connectivity index (χ3v) is 6.00. The molecule has 5 heteroatoms. The van der Waals surface area contributed by atoms with Gasteiger partial charge in [-0.1, -0.05) is 36.4 Å². The number of methoxy groups -OCH3 is 1. The Morgan fingerprint density at radius 1 is 1.07 bits per heavy atom. The second kappa shape index (κ2) is 8.23. The van der Waals surface area contributed by atoms with Crippen molar-refractivity contribution in [1.82, 2.24) is 9.80 Å². The number of fused-ring (bicyclic) bond motifs is 1. The van der Waals surface area contributed by atoms with E-state index in [0.717, 1.165) is 49.5 Å². The summed E-state index contributed by atoms with van der Waals surface area (Å²) in [7, 11) is 3.62. The van der Waals surface area contributed by atoms with Crippen molar-refractivity contribution < 1.29 is 14.3 Å². The van der Waals surface area contributed by atoms with Crippen LogP contribution in [0.1, 0.15) is 24.0 Å². The van der Waals surface area contributed by atoms with Crippen LogP contribution in [0.4, 0.5) is 0 Å².